The van der Waals surface area contributed by atoms with Crippen molar-refractivity contribution in [1.82, 2.24) is 10.0 Å². The van der Waals surface area contributed by atoms with Crippen LogP contribution < -0.4 is 15.8 Å². The molecule has 8 heteroatoms. The van der Waals surface area contributed by atoms with Crippen molar-refractivity contribution in [3.05, 3.63) is 0 Å². The zero-order valence-corrected chi connectivity index (χ0v) is 9.63. The Bertz CT molecular complexity index is 287. The van der Waals surface area contributed by atoms with Crippen LogP contribution in [-0.2, 0) is 19.6 Å². The quantitative estimate of drug-likeness (QED) is 0.430. The van der Waals surface area contributed by atoms with Gasteiger partial charge in [0.25, 0.3) is 0 Å². The van der Waals surface area contributed by atoms with E-state index in [1.807, 2.05) is 0 Å². The van der Waals surface area contributed by atoms with Crippen LogP contribution in [0.2, 0.25) is 0 Å². The molecule has 0 spiro atoms. The van der Waals surface area contributed by atoms with E-state index in [0.717, 1.165) is 6.26 Å². The molecule has 1 atom stereocenters. The zero-order chi connectivity index (χ0) is 11.9. The Morgan fingerprint density at radius 3 is 2.47 bits per heavy atom. The van der Waals surface area contributed by atoms with Gasteiger partial charge in [-0.2, -0.15) is 0 Å². The topological polar surface area (TPSA) is 111 Å². The lowest BCUT2D eigenvalue weighted by Gasteiger charge is -2.12. The summed E-state index contributed by atoms with van der Waals surface area (Å²) in [7, 11) is -1.83. The van der Waals surface area contributed by atoms with E-state index in [4.69, 9.17) is 10.5 Å². The molecule has 0 aliphatic rings. The van der Waals surface area contributed by atoms with E-state index in [0.29, 0.717) is 0 Å². The Balaban J connectivity index is 3.73. The zero-order valence-electron chi connectivity index (χ0n) is 8.82. The first-order valence-electron chi connectivity index (χ1n) is 4.36. The highest BCUT2D eigenvalue weighted by Crippen LogP contribution is 1.85. The molecule has 0 aromatic rings. The first kappa shape index (κ1) is 14.3. The molecule has 7 nitrogen and oxygen atoms in total. The van der Waals surface area contributed by atoms with Crippen LogP contribution in [0, 0.1) is 0 Å². The Hall–Kier alpha value is -0.700. The van der Waals surface area contributed by atoms with Crippen molar-refractivity contribution in [1.29, 1.82) is 0 Å². The van der Waals surface area contributed by atoms with Gasteiger partial charge in [0.05, 0.1) is 6.26 Å². The minimum Gasteiger partial charge on any atom is -0.370 e. The standard InChI is InChI=1S/C7H17N3O4S/c1-14-6(5-8)7(11)9-3-4-10-15(2,12)13/h6,10H,3-5,8H2,1-2H3,(H,9,11). The minimum absolute atomic E-state index is 0.0852. The number of amides is 1. The Labute approximate surface area is 89.4 Å². The van der Waals surface area contributed by atoms with Gasteiger partial charge in [-0.1, -0.05) is 0 Å². The maximum atomic E-state index is 11.2. The highest BCUT2D eigenvalue weighted by atomic mass is 32.2. The van der Waals surface area contributed by atoms with E-state index in [9.17, 15) is 13.2 Å². The van der Waals surface area contributed by atoms with Crippen molar-refractivity contribution in [2.75, 3.05) is 33.0 Å². The molecule has 0 aliphatic carbocycles. The number of ether oxygens (including phenoxy) is 1. The minimum atomic E-state index is -3.21. The lowest BCUT2D eigenvalue weighted by molar-refractivity contribution is -0.130. The van der Waals surface area contributed by atoms with Crippen LogP contribution in [0.5, 0.6) is 0 Å². The molecule has 0 bridgehead atoms. The molecule has 15 heavy (non-hydrogen) atoms. The van der Waals surface area contributed by atoms with E-state index in [-0.39, 0.29) is 25.5 Å². The fraction of sp³-hybridized carbons (Fsp3) is 0.857. The van der Waals surface area contributed by atoms with Gasteiger partial charge in [0.1, 0.15) is 6.10 Å². The average molecular weight is 239 g/mol. The maximum Gasteiger partial charge on any atom is 0.250 e. The molecule has 90 valence electrons. The van der Waals surface area contributed by atoms with Gasteiger partial charge < -0.3 is 15.8 Å². The Morgan fingerprint density at radius 1 is 1.47 bits per heavy atom. The molecular weight excluding hydrogens is 222 g/mol. The molecule has 0 saturated carbocycles. The van der Waals surface area contributed by atoms with Crippen LogP contribution >= 0.6 is 0 Å². The number of methoxy groups -OCH3 is 1. The molecule has 0 aliphatic heterocycles. The summed E-state index contributed by atoms with van der Waals surface area (Å²) in [5, 5.41) is 2.49. The molecule has 0 rings (SSSR count). The number of nitrogens with one attached hydrogen (secondary N) is 2. The lowest BCUT2D eigenvalue weighted by Crippen LogP contribution is -2.43. The van der Waals surface area contributed by atoms with Crippen LogP contribution in [0.25, 0.3) is 0 Å². The monoisotopic (exact) mass is 239 g/mol. The molecule has 1 amide bonds. The molecule has 4 N–H and O–H groups in total. The van der Waals surface area contributed by atoms with Crippen LogP contribution in [0.15, 0.2) is 0 Å². The summed E-state index contributed by atoms with van der Waals surface area (Å²) >= 11 is 0. The summed E-state index contributed by atoms with van der Waals surface area (Å²) in [6.07, 6.45) is 0.357. The number of hydrogen-bond acceptors (Lipinski definition) is 5. The van der Waals surface area contributed by atoms with Crippen molar-refractivity contribution >= 4 is 15.9 Å². The highest BCUT2D eigenvalue weighted by molar-refractivity contribution is 7.88. The fourth-order valence-electron chi connectivity index (χ4n) is 0.846. The SMILES string of the molecule is COC(CN)C(=O)NCCNS(C)(=O)=O. The largest absolute Gasteiger partial charge is 0.370 e. The lowest BCUT2D eigenvalue weighted by atomic mass is 10.3. The molecular formula is C7H17N3O4S. The number of carbonyl (C=O) groups excluding carboxylic acids is 1. The molecule has 0 radical (unpaired) electrons. The van der Waals surface area contributed by atoms with Crippen molar-refractivity contribution in [3.8, 4) is 0 Å². The smallest absolute Gasteiger partial charge is 0.250 e. The number of rotatable bonds is 7. The van der Waals surface area contributed by atoms with Gasteiger partial charge in [-0.25, -0.2) is 13.1 Å². The number of carbonyl (C=O) groups is 1. The first-order chi connectivity index (χ1) is 6.90. The van der Waals surface area contributed by atoms with Gasteiger partial charge in [-0.05, 0) is 0 Å². The van der Waals surface area contributed by atoms with Crippen LogP contribution in [0.3, 0.4) is 0 Å². The van der Waals surface area contributed by atoms with Gasteiger partial charge in [0, 0.05) is 26.7 Å². The van der Waals surface area contributed by atoms with Crippen molar-refractivity contribution in [3.63, 3.8) is 0 Å². The van der Waals surface area contributed by atoms with Gasteiger partial charge in [-0.3, -0.25) is 4.79 Å². The van der Waals surface area contributed by atoms with E-state index in [1.165, 1.54) is 7.11 Å². The average Bonchev–Trinajstić information content (AvgIpc) is 2.13. The molecule has 0 fully saturated rings. The second-order valence-electron chi connectivity index (χ2n) is 2.92. The maximum absolute atomic E-state index is 11.2. The summed E-state index contributed by atoms with van der Waals surface area (Å²) in [5.74, 6) is -0.352. The summed E-state index contributed by atoms with van der Waals surface area (Å²) in [4.78, 5) is 11.2. The van der Waals surface area contributed by atoms with Gasteiger partial charge in [0.2, 0.25) is 15.9 Å². The number of hydrogen-bond donors (Lipinski definition) is 3. The van der Waals surface area contributed by atoms with E-state index in [1.54, 1.807) is 0 Å². The van der Waals surface area contributed by atoms with Gasteiger partial charge in [0.15, 0.2) is 0 Å². The normalized spacial score (nSPS) is 13.5. The predicted octanol–water partition coefficient (Wildman–Crippen LogP) is -2.37. The summed E-state index contributed by atoms with van der Waals surface area (Å²) < 4.78 is 28.3. The van der Waals surface area contributed by atoms with Crippen molar-refractivity contribution < 1.29 is 17.9 Å². The third-order valence-electron chi connectivity index (χ3n) is 1.58. The molecule has 0 aromatic heterocycles. The third kappa shape index (κ3) is 7.25. The highest BCUT2D eigenvalue weighted by Gasteiger charge is 2.14. The van der Waals surface area contributed by atoms with Crippen molar-refractivity contribution in [2.24, 2.45) is 5.73 Å². The van der Waals surface area contributed by atoms with Crippen LogP contribution in [0.4, 0.5) is 0 Å². The van der Waals surface area contributed by atoms with Gasteiger partial charge >= 0.3 is 0 Å². The summed E-state index contributed by atoms with van der Waals surface area (Å²) in [6.45, 7) is 0.430. The molecule has 0 aromatic carbocycles. The van der Waals surface area contributed by atoms with Crippen molar-refractivity contribution in [2.45, 2.75) is 6.10 Å². The van der Waals surface area contributed by atoms with E-state index >= 15 is 0 Å². The summed E-state index contributed by atoms with van der Waals surface area (Å²) in [6, 6.07) is 0. The second-order valence-corrected chi connectivity index (χ2v) is 4.75. The molecule has 1 unspecified atom stereocenters. The summed E-state index contributed by atoms with van der Waals surface area (Å²) in [5.41, 5.74) is 5.26. The number of sulfonamides is 1. The fourth-order valence-corrected chi connectivity index (χ4v) is 1.32. The first-order valence-corrected chi connectivity index (χ1v) is 6.25. The Kier molecular flexibility index (Phi) is 6.41. The van der Waals surface area contributed by atoms with Crippen LogP contribution in [-0.4, -0.2) is 53.4 Å². The number of nitrogens with two attached hydrogens (primary N) is 1. The molecule has 0 saturated heterocycles. The molecule has 0 heterocycles. The second kappa shape index (κ2) is 6.72. The predicted molar refractivity (Wildman–Crippen MR) is 55.7 cm³/mol. The van der Waals surface area contributed by atoms with Gasteiger partial charge in [-0.15, -0.1) is 0 Å². The third-order valence-corrected chi connectivity index (χ3v) is 2.31. The van der Waals surface area contributed by atoms with E-state index in [2.05, 4.69) is 10.0 Å². The Morgan fingerprint density at radius 2 is 2.07 bits per heavy atom. The van der Waals surface area contributed by atoms with E-state index < -0.39 is 16.1 Å². The van der Waals surface area contributed by atoms with Crippen LogP contribution in [0.1, 0.15) is 0 Å².